The van der Waals surface area contributed by atoms with Gasteiger partial charge in [0.1, 0.15) is 22.7 Å². The van der Waals surface area contributed by atoms with E-state index in [2.05, 4.69) is 48.5 Å². The third-order valence-electron chi connectivity index (χ3n) is 6.15. The molecule has 0 amide bonds. The van der Waals surface area contributed by atoms with Crippen molar-refractivity contribution in [3.63, 3.8) is 0 Å². The van der Waals surface area contributed by atoms with Gasteiger partial charge in [0.2, 0.25) is 5.95 Å². The number of benzene rings is 2. The Labute approximate surface area is 224 Å². The van der Waals surface area contributed by atoms with Gasteiger partial charge in [0.25, 0.3) is 5.56 Å². The van der Waals surface area contributed by atoms with Crippen LogP contribution in [0, 0.1) is 6.92 Å². The Morgan fingerprint density at radius 3 is 2.58 bits per heavy atom. The lowest BCUT2D eigenvalue weighted by Crippen LogP contribution is -2.37. The van der Waals surface area contributed by atoms with Crippen LogP contribution in [-0.4, -0.2) is 46.0 Å². The van der Waals surface area contributed by atoms with Crippen molar-refractivity contribution in [2.24, 2.45) is 0 Å². The number of ether oxygens (including phenoxy) is 1. The Kier molecular flexibility index (Phi) is 8.13. The first-order chi connectivity index (χ1) is 17.0. The van der Waals surface area contributed by atoms with Crippen LogP contribution in [0.1, 0.15) is 18.4 Å². The molecule has 0 radical (unpaired) electrons. The normalized spacial score (nSPS) is 14.3. The van der Waals surface area contributed by atoms with E-state index in [9.17, 15) is 4.79 Å². The summed E-state index contributed by atoms with van der Waals surface area (Å²) in [6.45, 7) is 4.03. The van der Waals surface area contributed by atoms with E-state index >= 15 is 0 Å². The molecule has 8 nitrogen and oxygen atoms in total. The standard InChI is InChI=1S/C26H27BrN6O2.ClH/c1-16-14-18(8-9-21(16)35-19-6-4-3-5-7-19)29-24-22-23(20(27)15-28-25(22)34)31-26(32-24)30-17-10-12-33(2)13-11-17;/h3-9,14-15,17H,10-13H2,1-2H3,(H,28,34)(H2,29,30,31,32);1H. The molecule has 0 unspecified atom stereocenters. The number of aromatic amines is 1. The molecule has 1 aliphatic heterocycles. The second-order valence-electron chi connectivity index (χ2n) is 8.83. The predicted molar refractivity (Wildman–Crippen MR) is 150 cm³/mol. The maximum Gasteiger partial charge on any atom is 0.261 e. The van der Waals surface area contributed by atoms with Crippen molar-refractivity contribution >= 4 is 56.7 Å². The SMILES string of the molecule is Cc1cc(Nc2nc(NC3CCN(C)CC3)nc3c(Br)c[nH]c(=O)c23)ccc1Oc1ccccc1.Cl. The number of H-pyrrole nitrogens is 1. The molecule has 2 aromatic carbocycles. The van der Waals surface area contributed by atoms with E-state index in [1.165, 1.54) is 0 Å². The molecule has 1 aliphatic rings. The quantitative estimate of drug-likeness (QED) is 0.267. The molecule has 36 heavy (non-hydrogen) atoms. The monoisotopic (exact) mass is 570 g/mol. The molecule has 1 saturated heterocycles. The predicted octanol–water partition coefficient (Wildman–Crippen LogP) is 5.85. The van der Waals surface area contributed by atoms with Crippen molar-refractivity contribution in [1.82, 2.24) is 19.9 Å². The lowest BCUT2D eigenvalue weighted by Gasteiger charge is -2.29. The highest BCUT2D eigenvalue weighted by Crippen LogP contribution is 2.31. The van der Waals surface area contributed by atoms with Gasteiger partial charge >= 0.3 is 0 Å². The topological polar surface area (TPSA) is 95.2 Å². The fourth-order valence-corrected chi connectivity index (χ4v) is 4.60. The van der Waals surface area contributed by atoms with Crippen LogP contribution >= 0.6 is 28.3 Å². The van der Waals surface area contributed by atoms with Crippen LogP contribution in [0.3, 0.4) is 0 Å². The third-order valence-corrected chi connectivity index (χ3v) is 6.76. The van der Waals surface area contributed by atoms with Gasteiger partial charge in [-0.25, -0.2) is 4.98 Å². The zero-order chi connectivity index (χ0) is 24.4. The molecule has 0 atom stereocenters. The van der Waals surface area contributed by atoms with E-state index < -0.39 is 0 Å². The number of hydrogen-bond acceptors (Lipinski definition) is 7. The summed E-state index contributed by atoms with van der Waals surface area (Å²) in [7, 11) is 2.13. The minimum Gasteiger partial charge on any atom is -0.457 e. The van der Waals surface area contributed by atoms with Crippen LogP contribution in [0.15, 0.2) is 64.0 Å². The first-order valence-electron chi connectivity index (χ1n) is 11.6. The fourth-order valence-electron chi connectivity index (χ4n) is 4.20. The van der Waals surface area contributed by atoms with Crippen molar-refractivity contribution in [2.45, 2.75) is 25.8 Å². The maximum absolute atomic E-state index is 12.8. The number of anilines is 3. The first kappa shape index (κ1) is 25.9. The minimum absolute atomic E-state index is 0. The molecule has 0 spiro atoms. The number of hydrogen-bond donors (Lipinski definition) is 3. The molecule has 3 N–H and O–H groups in total. The lowest BCUT2D eigenvalue weighted by molar-refractivity contribution is 0.263. The number of rotatable bonds is 6. The number of fused-ring (bicyclic) bond motifs is 1. The molecule has 3 heterocycles. The molecule has 5 rings (SSSR count). The Morgan fingerprint density at radius 1 is 1.11 bits per heavy atom. The average Bonchev–Trinajstić information content (AvgIpc) is 2.85. The highest BCUT2D eigenvalue weighted by Gasteiger charge is 2.20. The smallest absolute Gasteiger partial charge is 0.261 e. The second-order valence-corrected chi connectivity index (χ2v) is 9.68. The Morgan fingerprint density at radius 2 is 1.86 bits per heavy atom. The van der Waals surface area contributed by atoms with Crippen LogP contribution in [-0.2, 0) is 0 Å². The van der Waals surface area contributed by atoms with E-state index in [4.69, 9.17) is 9.72 Å². The van der Waals surface area contributed by atoms with Crippen molar-refractivity contribution < 1.29 is 4.74 Å². The minimum atomic E-state index is -0.253. The number of para-hydroxylation sites is 1. The summed E-state index contributed by atoms with van der Waals surface area (Å²) in [6, 6.07) is 15.7. The van der Waals surface area contributed by atoms with Gasteiger partial charge in [0.05, 0.1) is 9.99 Å². The van der Waals surface area contributed by atoms with Gasteiger partial charge in [-0.05, 0) is 91.7 Å². The highest BCUT2D eigenvalue weighted by atomic mass is 79.9. The van der Waals surface area contributed by atoms with Crippen molar-refractivity contribution in [2.75, 3.05) is 30.8 Å². The molecule has 0 saturated carbocycles. The van der Waals surface area contributed by atoms with E-state index in [1.807, 2.05) is 55.5 Å². The lowest BCUT2D eigenvalue weighted by atomic mass is 10.1. The summed E-state index contributed by atoms with van der Waals surface area (Å²) in [5, 5.41) is 7.21. The molecular weight excluding hydrogens is 544 g/mol. The molecule has 0 aliphatic carbocycles. The van der Waals surface area contributed by atoms with Gasteiger partial charge < -0.3 is 25.3 Å². The summed E-state index contributed by atoms with van der Waals surface area (Å²) in [5.41, 5.74) is 2.06. The first-order valence-corrected chi connectivity index (χ1v) is 12.4. The zero-order valence-electron chi connectivity index (χ0n) is 20.0. The number of likely N-dealkylation sites (tertiary alicyclic amines) is 1. The molecule has 2 aromatic heterocycles. The number of aryl methyl sites for hydroxylation is 1. The van der Waals surface area contributed by atoms with E-state index in [-0.39, 0.29) is 24.0 Å². The molecule has 4 aromatic rings. The van der Waals surface area contributed by atoms with Gasteiger partial charge in [-0.15, -0.1) is 12.4 Å². The summed E-state index contributed by atoms with van der Waals surface area (Å²) in [5.74, 6) is 2.49. The average molecular weight is 572 g/mol. The number of halogens is 2. The van der Waals surface area contributed by atoms with Gasteiger partial charge in [-0.1, -0.05) is 18.2 Å². The number of nitrogens with zero attached hydrogens (tertiary/aromatic N) is 3. The maximum atomic E-state index is 12.8. The van der Waals surface area contributed by atoms with Gasteiger partial charge in [-0.3, -0.25) is 4.79 Å². The Bertz CT molecular complexity index is 1410. The molecular formula is C26H28BrClN6O2. The third kappa shape index (κ3) is 5.80. The molecule has 0 bridgehead atoms. The van der Waals surface area contributed by atoms with E-state index in [0.29, 0.717) is 27.1 Å². The Balaban J connectivity index is 0.00000304. The van der Waals surface area contributed by atoms with Crippen LogP contribution in [0.25, 0.3) is 10.9 Å². The van der Waals surface area contributed by atoms with Crippen LogP contribution in [0.4, 0.5) is 17.5 Å². The summed E-state index contributed by atoms with van der Waals surface area (Å²) in [4.78, 5) is 27.2. The van der Waals surface area contributed by atoms with Crippen molar-refractivity contribution in [3.8, 4) is 11.5 Å². The van der Waals surface area contributed by atoms with Gasteiger partial charge in [-0.2, -0.15) is 4.98 Å². The largest absolute Gasteiger partial charge is 0.457 e. The molecule has 1 fully saturated rings. The zero-order valence-corrected chi connectivity index (χ0v) is 22.4. The number of aromatic nitrogens is 3. The van der Waals surface area contributed by atoms with Gasteiger partial charge in [0, 0.05) is 17.9 Å². The highest BCUT2D eigenvalue weighted by molar-refractivity contribution is 9.10. The van der Waals surface area contributed by atoms with Crippen LogP contribution in [0.5, 0.6) is 11.5 Å². The number of pyridine rings is 1. The molecule has 10 heteroatoms. The second kappa shape index (κ2) is 11.3. The molecule has 188 valence electrons. The van der Waals surface area contributed by atoms with E-state index in [0.717, 1.165) is 48.7 Å². The van der Waals surface area contributed by atoms with Crippen LogP contribution < -0.4 is 20.9 Å². The van der Waals surface area contributed by atoms with Crippen molar-refractivity contribution in [3.05, 3.63) is 75.1 Å². The summed E-state index contributed by atoms with van der Waals surface area (Å²) >= 11 is 3.53. The van der Waals surface area contributed by atoms with Gasteiger partial charge in [0.15, 0.2) is 0 Å². The summed E-state index contributed by atoms with van der Waals surface area (Å²) < 4.78 is 6.70. The number of nitrogens with one attached hydrogen (secondary N) is 3. The summed E-state index contributed by atoms with van der Waals surface area (Å²) in [6.07, 6.45) is 3.64. The van der Waals surface area contributed by atoms with Crippen LogP contribution in [0.2, 0.25) is 0 Å². The number of piperidine rings is 1. The Hall–Kier alpha value is -3.14. The van der Waals surface area contributed by atoms with Crippen molar-refractivity contribution in [1.29, 1.82) is 0 Å². The van der Waals surface area contributed by atoms with E-state index in [1.54, 1.807) is 6.20 Å². The fraction of sp³-hybridized carbons (Fsp3) is 0.269.